The summed E-state index contributed by atoms with van der Waals surface area (Å²) in [5, 5.41) is 21.3. The van der Waals surface area contributed by atoms with Crippen LogP contribution in [-0.4, -0.2) is 37.9 Å². The number of rotatable bonds is 6. The van der Waals surface area contributed by atoms with E-state index < -0.39 is 0 Å². The third kappa shape index (κ3) is 3.45. The number of fused-ring (bicyclic) bond motifs is 2. The standard InChI is InChI=1S/C24H23N7OS/c1-13-5-3-6-15(26-13)11-31-18-8-4-7-17(19(18)20(30-31)14-9-10-14)27-24(32)16-12-33-22-21(16)28-29-23(22)25-2/h3-8,12,14H,9-11H2,1-2H3,(H,27,32)(H2,25,28,29). The summed E-state index contributed by atoms with van der Waals surface area (Å²) in [6, 6.07) is 12.0. The Morgan fingerprint density at radius 3 is 2.88 bits per heavy atom. The number of nitrogens with zero attached hydrogens (tertiary/aromatic N) is 4. The van der Waals surface area contributed by atoms with E-state index in [9.17, 15) is 4.79 Å². The molecule has 1 fully saturated rings. The molecule has 1 saturated carbocycles. The van der Waals surface area contributed by atoms with Crippen molar-refractivity contribution in [1.29, 1.82) is 0 Å². The number of H-pyrrole nitrogens is 1. The summed E-state index contributed by atoms with van der Waals surface area (Å²) in [4.78, 5) is 17.9. The largest absolute Gasteiger partial charge is 0.370 e. The molecule has 8 nitrogen and oxygen atoms in total. The van der Waals surface area contributed by atoms with Gasteiger partial charge in [-0.25, -0.2) is 0 Å². The van der Waals surface area contributed by atoms with Crippen molar-refractivity contribution >= 4 is 49.9 Å². The van der Waals surface area contributed by atoms with Crippen LogP contribution in [0.25, 0.3) is 21.1 Å². The van der Waals surface area contributed by atoms with Crippen LogP contribution >= 0.6 is 11.3 Å². The first-order valence-electron chi connectivity index (χ1n) is 11.0. The fourth-order valence-corrected chi connectivity index (χ4v) is 5.29. The summed E-state index contributed by atoms with van der Waals surface area (Å²) in [5.41, 5.74) is 6.15. The second kappa shape index (κ2) is 7.70. The van der Waals surface area contributed by atoms with Crippen molar-refractivity contribution in [3.63, 3.8) is 0 Å². The van der Waals surface area contributed by atoms with E-state index in [1.54, 1.807) is 0 Å². The topological polar surface area (TPSA) is 101 Å². The lowest BCUT2D eigenvalue weighted by atomic mass is 10.1. The van der Waals surface area contributed by atoms with Crippen molar-refractivity contribution in [1.82, 2.24) is 25.0 Å². The molecule has 0 atom stereocenters. The number of pyridine rings is 1. The quantitative estimate of drug-likeness (QED) is 0.337. The number of thiophene rings is 1. The molecule has 0 saturated heterocycles. The number of benzene rings is 1. The summed E-state index contributed by atoms with van der Waals surface area (Å²) >= 11 is 1.50. The number of aryl methyl sites for hydroxylation is 1. The highest BCUT2D eigenvalue weighted by Crippen LogP contribution is 2.44. The Labute approximate surface area is 194 Å². The molecule has 0 bridgehead atoms. The van der Waals surface area contributed by atoms with Crippen molar-refractivity contribution in [2.45, 2.75) is 32.2 Å². The number of anilines is 2. The zero-order valence-corrected chi connectivity index (χ0v) is 19.2. The maximum Gasteiger partial charge on any atom is 0.258 e. The highest BCUT2D eigenvalue weighted by molar-refractivity contribution is 7.18. The molecule has 1 aromatic carbocycles. The van der Waals surface area contributed by atoms with Crippen LogP contribution in [0.4, 0.5) is 11.5 Å². The molecule has 1 aliphatic rings. The van der Waals surface area contributed by atoms with E-state index in [4.69, 9.17) is 5.10 Å². The number of hydrogen-bond acceptors (Lipinski definition) is 6. The molecule has 3 N–H and O–H groups in total. The van der Waals surface area contributed by atoms with Gasteiger partial charge in [-0.2, -0.15) is 10.2 Å². The fraction of sp³-hybridized carbons (Fsp3) is 0.250. The van der Waals surface area contributed by atoms with Gasteiger partial charge in [0.25, 0.3) is 5.91 Å². The van der Waals surface area contributed by atoms with Crippen LogP contribution in [0, 0.1) is 6.92 Å². The maximum absolute atomic E-state index is 13.3. The fourth-order valence-electron chi connectivity index (χ4n) is 4.30. The van der Waals surface area contributed by atoms with E-state index >= 15 is 0 Å². The number of aromatic nitrogens is 5. The van der Waals surface area contributed by atoms with E-state index in [0.717, 1.165) is 62.5 Å². The van der Waals surface area contributed by atoms with Gasteiger partial charge in [0, 0.05) is 29.4 Å². The Hall–Kier alpha value is -3.72. The summed E-state index contributed by atoms with van der Waals surface area (Å²) in [5.74, 6) is 1.03. The van der Waals surface area contributed by atoms with Gasteiger partial charge in [-0.3, -0.25) is 19.6 Å². The Morgan fingerprint density at radius 2 is 2.09 bits per heavy atom. The predicted molar refractivity (Wildman–Crippen MR) is 131 cm³/mol. The van der Waals surface area contributed by atoms with Crippen LogP contribution in [0.5, 0.6) is 0 Å². The summed E-state index contributed by atoms with van der Waals surface area (Å²) in [7, 11) is 1.82. The van der Waals surface area contributed by atoms with Crippen LogP contribution in [0.15, 0.2) is 41.8 Å². The van der Waals surface area contributed by atoms with E-state index in [-0.39, 0.29) is 5.91 Å². The number of carbonyl (C=O) groups excluding carboxylic acids is 1. The molecule has 1 aliphatic carbocycles. The van der Waals surface area contributed by atoms with Gasteiger partial charge in [0.05, 0.1) is 44.9 Å². The Kier molecular flexibility index (Phi) is 4.65. The number of aromatic amines is 1. The average molecular weight is 458 g/mol. The SMILES string of the molecule is CNc1n[nH]c2c(C(=O)Nc3cccc4c3c(C3CC3)nn4Cc3cccc(C)n3)csc12. The molecule has 0 unspecified atom stereocenters. The van der Waals surface area contributed by atoms with Crippen molar-refractivity contribution < 1.29 is 4.79 Å². The molecule has 1 amide bonds. The molecule has 6 rings (SSSR count). The molecule has 4 aromatic heterocycles. The third-order valence-corrected chi connectivity index (χ3v) is 7.03. The number of nitrogens with one attached hydrogen (secondary N) is 3. The predicted octanol–water partition coefficient (Wildman–Crippen LogP) is 4.90. The first-order chi connectivity index (χ1) is 16.1. The van der Waals surface area contributed by atoms with Crippen molar-refractivity contribution in [2.24, 2.45) is 0 Å². The van der Waals surface area contributed by atoms with E-state index in [1.807, 2.05) is 54.4 Å². The second-order valence-corrected chi connectivity index (χ2v) is 9.30. The van der Waals surface area contributed by atoms with Gasteiger partial charge in [-0.05, 0) is 44.0 Å². The molecule has 9 heteroatoms. The van der Waals surface area contributed by atoms with Gasteiger partial charge in [0.15, 0.2) is 5.82 Å². The first-order valence-corrected chi connectivity index (χ1v) is 11.9. The van der Waals surface area contributed by atoms with Crippen LogP contribution < -0.4 is 10.6 Å². The molecule has 0 spiro atoms. The lowest BCUT2D eigenvalue weighted by molar-refractivity contribution is 0.102. The zero-order chi connectivity index (χ0) is 22.5. The number of amides is 1. The molecule has 4 heterocycles. The van der Waals surface area contributed by atoms with Crippen molar-refractivity contribution in [2.75, 3.05) is 17.7 Å². The molecule has 0 aliphatic heterocycles. The third-order valence-electron chi connectivity index (χ3n) is 6.04. The van der Waals surface area contributed by atoms with Crippen LogP contribution in [0.1, 0.15) is 46.2 Å². The number of hydrogen-bond donors (Lipinski definition) is 3. The van der Waals surface area contributed by atoms with Crippen LogP contribution in [0.3, 0.4) is 0 Å². The molecular weight excluding hydrogens is 434 g/mol. The summed E-state index contributed by atoms with van der Waals surface area (Å²) in [6.07, 6.45) is 2.26. The minimum atomic E-state index is -0.157. The van der Waals surface area contributed by atoms with Crippen LogP contribution in [-0.2, 0) is 6.54 Å². The minimum Gasteiger partial charge on any atom is -0.370 e. The Bertz CT molecular complexity index is 1510. The smallest absolute Gasteiger partial charge is 0.258 e. The number of carbonyl (C=O) groups is 1. The Balaban J connectivity index is 1.39. The summed E-state index contributed by atoms with van der Waals surface area (Å²) < 4.78 is 2.95. The highest BCUT2D eigenvalue weighted by atomic mass is 32.1. The normalized spacial score (nSPS) is 13.6. The van der Waals surface area contributed by atoms with Gasteiger partial charge >= 0.3 is 0 Å². The van der Waals surface area contributed by atoms with Gasteiger partial charge in [-0.1, -0.05) is 12.1 Å². The monoisotopic (exact) mass is 457 g/mol. The molecule has 5 aromatic rings. The lowest BCUT2D eigenvalue weighted by Gasteiger charge is -2.08. The minimum absolute atomic E-state index is 0.157. The molecule has 0 radical (unpaired) electrons. The zero-order valence-electron chi connectivity index (χ0n) is 18.3. The maximum atomic E-state index is 13.3. The average Bonchev–Trinajstić information content (AvgIpc) is 3.27. The molecule has 166 valence electrons. The van der Waals surface area contributed by atoms with Gasteiger partial charge in [-0.15, -0.1) is 11.3 Å². The lowest BCUT2D eigenvalue weighted by Crippen LogP contribution is -2.12. The summed E-state index contributed by atoms with van der Waals surface area (Å²) in [6.45, 7) is 2.59. The van der Waals surface area contributed by atoms with Gasteiger partial charge < -0.3 is 10.6 Å². The second-order valence-electron chi connectivity index (χ2n) is 8.42. The van der Waals surface area contributed by atoms with E-state index in [1.165, 1.54) is 11.3 Å². The molecular formula is C24H23N7OS. The first kappa shape index (κ1) is 19.9. The van der Waals surface area contributed by atoms with Crippen molar-refractivity contribution in [3.8, 4) is 0 Å². The van der Waals surface area contributed by atoms with Gasteiger partial charge in [0.2, 0.25) is 0 Å². The Morgan fingerprint density at radius 1 is 1.24 bits per heavy atom. The van der Waals surface area contributed by atoms with Gasteiger partial charge in [0.1, 0.15) is 0 Å². The highest BCUT2D eigenvalue weighted by Gasteiger charge is 2.31. The van der Waals surface area contributed by atoms with Crippen LogP contribution in [0.2, 0.25) is 0 Å². The van der Waals surface area contributed by atoms with E-state index in [2.05, 4.69) is 31.9 Å². The van der Waals surface area contributed by atoms with E-state index in [0.29, 0.717) is 18.0 Å². The molecule has 33 heavy (non-hydrogen) atoms. The van der Waals surface area contributed by atoms with Crippen molar-refractivity contribution in [3.05, 3.63) is 64.4 Å².